The Bertz CT molecular complexity index is 677. The summed E-state index contributed by atoms with van der Waals surface area (Å²) in [7, 11) is 0.700. The Hall–Kier alpha value is -1.88. The van der Waals surface area contributed by atoms with E-state index in [0.29, 0.717) is 4.90 Å². The first-order valence-electron chi connectivity index (χ1n) is 5.82. The molecule has 0 bridgehead atoms. The van der Waals surface area contributed by atoms with Crippen LogP contribution in [-0.4, -0.2) is 33.8 Å². The van der Waals surface area contributed by atoms with Crippen LogP contribution in [-0.2, 0) is 9.84 Å². The van der Waals surface area contributed by atoms with Gasteiger partial charge in [-0.25, -0.2) is 13.4 Å². The van der Waals surface area contributed by atoms with E-state index in [1.54, 1.807) is 30.5 Å². The van der Waals surface area contributed by atoms with E-state index in [1.807, 2.05) is 31.1 Å². The van der Waals surface area contributed by atoms with E-state index >= 15 is 0 Å². The highest BCUT2D eigenvalue weighted by molar-refractivity contribution is 7.90. The van der Waals surface area contributed by atoms with Gasteiger partial charge in [0.25, 0.3) is 0 Å². The molecule has 0 saturated carbocycles. The van der Waals surface area contributed by atoms with Crippen LogP contribution in [0.25, 0.3) is 11.1 Å². The van der Waals surface area contributed by atoms with Gasteiger partial charge in [-0.05, 0) is 29.8 Å². The Balaban J connectivity index is 2.49. The third kappa shape index (κ3) is 2.93. The topological polar surface area (TPSA) is 50.3 Å². The SMILES string of the molecule is CN(C)c1ncccc1-c1ccc(S(C)(=O)=O)cc1. The standard InChI is InChI=1S/C14H16N2O2S/c1-16(2)14-13(5-4-10-15-14)11-6-8-12(9-7-11)19(3,17)18/h4-10H,1-3H3. The van der Waals surface area contributed by atoms with Gasteiger partial charge in [0, 0.05) is 32.1 Å². The number of benzene rings is 1. The van der Waals surface area contributed by atoms with Crippen molar-refractivity contribution in [2.75, 3.05) is 25.3 Å². The summed E-state index contributed by atoms with van der Waals surface area (Å²) in [5.74, 6) is 0.856. The summed E-state index contributed by atoms with van der Waals surface area (Å²) < 4.78 is 22.9. The molecule has 1 aromatic heterocycles. The van der Waals surface area contributed by atoms with E-state index in [-0.39, 0.29) is 0 Å². The second-order valence-corrected chi connectivity index (χ2v) is 6.58. The fraction of sp³-hybridized carbons (Fsp3) is 0.214. The molecule has 0 radical (unpaired) electrons. The molecule has 0 aliphatic heterocycles. The van der Waals surface area contributed by atoms with Gasteiger partial charge in [0.15, 0.2) is 9.84 Å². The third-order valence-electron chi connectivity index (χ3n) is 2.80. The van der Waals surface area contributed by atoms with Crippen LogP contribution in [0.15, 0.2) is 47.5 Å². The lowest BCUT2D eigenvalue weighted by atomic mass is 10.1. The Labute approximate surface area is 113 Å². The van der Waals surface area contributed by atoms with Crippen LogP contribution in [0.4, 0.5) is 5.82 Å². The minimum atomic E-state index is -3.15. The predicted octanol–water partition coefficient (Wildman–Crippen LogP) is 2.22. The predicted molar refractivity (Wildman–Crippen MR) is 77.1 cm³/mol. The summed E-state index contributed by atoms with van der Waals surface area (Å²) in [5.41, 5.74) is 1.93. The number of pyridine rings is 1. The molecule has 0 saturated heterocycles. The fourth-order valence-corrected chi connectivity index (χ4v) is 2.49. The average molecular weight is 276 g/mol. The Kier molecular flexibility index (Phi) is 3.57. The van der Waals surface area contributed by atoms with Gasteiger partial charge in [-0.15, -0.1) is 0 Å². The molecule has 0 aliphatic rings. The zero-order valence-corrected chi connectivity index (χ0v) is 12.0. The summed E-state index contributed by atoms with van der Waals surface area (Å²) in [5, 5.41) is 0. The van der Waals surface area contributed by atoms with Crippen molar-refractivity contribution in [3.63, 3.8) is 0 Å². The molecule has 0 aliphatic carbocycles. The maximum Gasteiger partial charge on any atom is 0.175 e. The minimum Gasteiger partial charge on any atom is -0.362 e. The lowest BCUT2D eigenvalue weighted by Crippen LogP contribution is -2.11. The summed E-state index contributed by atoms with van der Waals surface area (Å²) in [6.45, 7) is 0. The zero-order chi connectivity index (χ0) is 14.0. The normalized spacial score (nSPS) is 11.3. The number of anilines is 1. The summed E-state index contributed by atoms with van der Waals surface area (Å²) in [4.78, 5) is 6.59. The first kappa shape index (κ1) is 13.5. The third-order valence-corrected chi connectivity index (χ3v) is 3.93. The van der Waals surface area contributed by atoms with Gasteiger partial charge in [0.1, 0.15) is 5.82 Å². The molecule has 1 heterocycles. The van der Waals surface area contributed by atoms with Crippen molar-refractivity contribution in [2.24, 2.45) is 0 Å². The van der Waals surface area contributed by atoms with Gasteiger partial charge < -0.3 is 4.90 Å². The lowest BCUT2D eigenvalue weighted by Gasteiger charge is -2.16. The van der Waals surface area contributed by atoms with Crippen molar-refractivity contribution in [3.05, 3.63) is 42.6 Å². The molecule has 0 N–H and O–H groups in total. The number of hydrogen-bond acceptors (Lipinski definition) is 4. The molecule has 4 nitrogen and oxygen atoms in total. The number of aromatic nitrogens is 1. The Morgan fingerprint density at radius 2 is 1.68 bits per heavy atom. The van der Waals surface area contributed by atoms with Crippen molar-refractivity contribution in [3.8, 4) is 11.1 Å². The number of rotatable bonds is 3. The fourth-order valence-electron chi connectivity index (χ4n) is 1.86. The summed E-state index contributed by atoms with van der Waals surface area (Å²) >= 11 is 0. The molecule has 19 heavy (non-hydrogen) atoms. The molecule has 0 fully saturated rings. The molecule has 2 rings (SSSR count). The number of hydrogen-bond donors (Lipinski definition) is 0. The highest BCUT2D eigenvalue weighted by atomic mass is 32.2. The van der Waals surface area contributed by atoms with Crippen molar-refractivity contribution in [1.82, 2.24) is 4.98 Å². The molecule has 0 unspecified atom stereocenters. The van der Waals surface area contributed by atoms with E-state index in [9.17, 15) is 8.42 Å². The molecule has 2 aromatic rings. The monoisotopic (exact) mass is 276 g/mol. The zero-order valence-electron chi connectivity index (χ0n) is 11.2. The lowest BCUT2D eigenvalue weighted by molar-refractivity contribution is 0.602. The van der Waals surface area contributed by atoms with Crippen LogP contribution < -0.4 is 4.90 Å². The van der Waals surface area contributed by atoms with E-state index in [1.165, 1.54) is 6.26 Å². The molecule has 0 amide bonds. The summed E-state index contributed by atoms with van der Waals surface area (Å²) in [6.07, 6.45) is 2.95. The molecule has 0 spiro atoms. The number of nitrogens with zero attached hydrogens (tertiary/aromatic N) is 2. The molecule has 5 heteroatoms. The molecular weight excluding hydrogens is 260 g/mol. The molecule has 100 valence electrons. The largest absolute Gasteiger partial charge is 0.362 e. The quantitative estimate of drug-likeness (QED) is 0.862. The van der Waals surface area contributed by atoms with Crippen LogP contribution in [0.3, 0.4) is 0 Å². The smallest absolute Gasteiger partial charge is 0.175 e. The minimum absolute atomic E-state index is 0.326. The van der Waals surface area contributed by atoms with Crippen molar-refractivity contribution in [2.45, 2.75) is 4.90 Å². The first-order valence-corrected chi connectivity index (χ1v) is 7.71. The Morgan fingerprint density at radius 1 is 1.05 bits per heavy atom. The van der Waals surface area contributed by atoms with E-state index < -0.39 is 9.84 Å². The van der Waals surface area contributed by atoms with Crippen LogP contribution in [0.1, 0.15) is 0 Å². The second-order valence-electron chi connectivity index (χ2n) is 4.57. The van der Waals surface area contributed by atoms with Crippen LogP contribution >= 0.6 is 0 Å². The first-order chi connectivity index (χ1) is 8.89. The maximum absolute atomic E-state index is 11.4. The van der Waals surface area contributed by atoms with Gasteiger partial charge >= 0.3 is 0 Å². The van der Waals surface area contributed by atoms with Crippen LogP contribution in [0, 0.1) is 0 Å². The van der Waals surface area contributed by atoms with Crippen LogP contribution in [0.5, 0.6) is 0 Å². The van der Waals surface area contributed by atoms with E-state index in [4.69, 9.17) is 0 Å². The van der Waals surface area contributed by atoms with Gasteiger partial charge in [-0.3, -0.25) is 0 Å². The molecular formula is C14H16N2O2S. The van der Waals surface area contributed by atoms with Gasteiger partial charge in [-0.1, -0.05) is 12.1 Å². The maximum atomic E-state index is 11.4. The van der Waals surface area contributed by atoms with E-state index in [2.05, 4.69) is 4.98 Å². The van der Waals surface area contributed by atoms with E-state index in [0.717, 1.165) is 16.9 Å². The highest BCUT2D eigenvalue weighted by Gasteiger charge is 2.10. The van der Waals surface area contributed by atoms with Crippen molar-refractivity contribution >= 4 is 15.7 Å². The summed E-state index contributed by atoms with van der Waals surface area (Å²) in [6, 6.07) is 10.7. The molecule has 0 atom stereocenters. The average Bonchev–Trinajstić information content (AvgIpc) is 2.38. The highest BCUT2D eigenvalue weighted by Crippen LogP contribution is 2.28. The van der Waals surface area contributed by atoms with Crippen molar-refractivity contribution < 1.29 is 8.42 Å². The number of sulfone groups is 1. The van der Waals surface area contributed by atoms with Gasteiger partial charge in [0.05, 0.1) is 4.90 Å². The molecule has 1 aromatic carbocycles. The van der Waals surface area contributed by atoms with Gasteiger partial charge in [0.2, 0.25) is 0 Å². The van der Waals surface area contributed by atoms with Crippen molar-refractivity contribution in [1.29, 1.82) is 0 Å². The van der Waals surface area contributed by atoms with Gasteiger partial charge in [-0.2, -0.15) is 0 Å². The van der Waals surface area contributed by atoms with Crippen LogP contribution in [0.2, 0.25) is 0 Å². The second kappa shape index (κ2) is 5.01. The Morgan fingerprint density at radius 3 is 2.21 bits per heavy atom.